The molecule has 118 valence electrons. The summed E-state index contributed by atoms with van der Waals surface area (Å²) in [5.41, 5.74) is 0.522. The number of carbonyl (C=O) groups is 1. The Morgan fingerprint density at radius 1 is 1.36 bits per heavy atom. The molecule has 1 amide bonds. The maximum Gasteiger partial charge on any atom is 0.239 e. The molecule has 1 atom stereocenters. The monoisotopic (exact) mass is 345 g/mol. The minimum atomic E-state index is -0.558. The summed E-state index contributed by atoms with van der Waals surface area (Å²) in [6.07, 6.45) is 0. The Balaban J connectivity index is 1.93. The lowest BCUT2D eigenvalue weighted by atomic mass is 10.1. The first-order valence-corrected chi connectivity index (χ1v) is 7.23. The summed E-state index contributed by atoms with van der Waals surface area (Å²) in [6.45, 7) is 3.50. The molecule has 1 aromatic heterocycles. The number of aryl methyl sites for hydroxylation is 1. The first kappa shape index (κ1) is 16.7. The van der Waals surface area contributed by atoms with Crippen LogP contribution >= 0.6 is 23.2 Å². The molecular weight excluding hydrogens is 332 g/mol. The Labute approximate surface area is 136 Å². The maximum absolute atomic E-state index is 13.5. The lowest BCUT2D eigenvalue weighted by molar-refractivity contribution is -0.115. The van der Waals surface area contributed by atoms with E-state index in [0.29, 0.717) is 22.2 Å². The van der Waals surface area contributed by atoms with Crippen molar-refractivity contribution in [3.05, 3.63) is 45.4 Å². The molecule has 1 heterocycles. The zero-order valence-corrected chi connectivity index (χ0v) is 13.4. The van der Waals surface area contributed by atoms with Crippen molar-refractivity contribution in [2.24, 2.45) is 0 Å². The maximum atomic E-state index is 13.5. The van der Waals surface area contributed by atoms with Gasteiger partial charge in [-0.3, -0.25) is 4.79 Å². The fourth-order valence-corrected chi connectivity index (χ4v) is 2.38. The molecule has 22 heavy (non-hydrogen) atoms. The molecule has 0 fully saturated rings. The van der Waals surface area contributed by atoms with Gasteiger partial charge in [0.25, 0.3) is 0 Å². The number of amides is 1. The molecule has 0 saturated heterocycles. The van der Waals surface area contributed by atoms with Gasteiger partial charge in [-0.05, 0) is 31.5 Å². The van der Waals surface area contributed by atoms with Gasteiger partial charge in [0.05, 0.1) is 11.6 Å². The van der Waals surface area contributed by atoms with Crippen molar-refractivity contribution < 1.29 is 13.7 Å². The van der Waals surface area contributed by atoms with Crippen molar-refractivity contribution in [1.29, 1.82) is 0 Å². The summed E-state index contributed by atoms with van der Waals surface area (Å²) in [5, 5.41) is 9.47. The minimum absolute atomic E-state index is 0.00759. The van der Waals surface area contributed by atoms with Crippen molar-refractivity contribution in [3.63, 3.8) is 0 Å². The first-order valence-electron chi connectivity index (χ1n) is 6.48. The van der Waals surface area contributed by atoms with E-state index in [9.17, 15) is 9.18 Å². The summed E-state index contributed by atoms with van der Waals surface area (Å²) in [6, 6.07) is 3.86. The van der Waals surface area contributed by atoms with Crippen molar-refractivity contribution in [3.8, 4) is 0 Å². The second kappa shape index (κ2) is 7.09. The molecule has 5 nitrogen and oxygen atoms in total. The van der Waals surface area contributed by atoms with Crippen molar-refractivity contribution >= 4 is 34.9 Å². The van der Waals surface area contributed by atoms with Gasteiger partial charge in [0.2, 0.25) is 5.91 Å². The van der Waals surface area contributed by atoms with Gasteiger partial charge in [-0.2, -0.15) is 0 Å². The molecule has 2 rings (SSSR count). The van der Waals surface area contributed by atoms with E-state index in [1.807, 2.05) is 0 Å². The lowest BCUT2D eigenvalue weighted by Crippen LogP contribution is -2.30. The Morgan fingerprint density at radius 2 is 2.09 bits per heavy atom. The van der Waals surface area contributed by atoms with Crippen LogP contribution in [0.3, 0.4) is 0 Å². The number of anilines is 1. The molecule has 8 heteroatoms. The molecule has 2 N–H and O–H groups in total. The smallest absolute Gasteiger partial charge is 0.239 e. The molecule has 1 aromatic carbocycles. The largest absolute Gasteiger partial charge is 0.360 e. The third kappa shape index (κ3) is 4.19. The van der Waals surface area contributed by atoms with Crippen molar-refractivity contribution in [2.45, 2.75) is 19.9 Å². The molecule has 0 unspecified atom stereocenters. The van der Waals surface area contributed by atoms with Gasteiger partial charge in [-0.25, -0.2) is 4.39 Å². The van der Waals surface area contributed by atoms with Crippen LogP contribution in [-0.2, 0) is 4.79 Å². The Hall–Kier alpha value is -1.63. The van der Waals surface area contributed by atoms with E-state index in [4.69, 9.17) is 27.7 Å². The molecule has 0 aliphatic heterocycles. The SMILES string of the molecule is Cc1cc(NC(=O)CN[C@H](C)c2cc(F)c(Cl)cc2Cl)no1. The van der Waals surface area contributed by atoms with Crippen LogP contribution in [0.1, 0.15) is 24.3 Å². The first-order chi connectivity index (χ1) is 10.4. The van der Waals surface area contributed by atoms with Crippen LogP contribution in [0.25, 0.3) is 0 Å². The third-order valence-electron chi connectivity index (χ3n) is 2.97. The van der Waals surface area contributed by atoms with E-state index < -0.39 is 5.82 Å². The summed E-state index contributed by atoms with van der Waals surface area (Å²) < 4.78 is 18.3. The second-order valence-corrected chi connectivity index (χ2v) is 5.58. The highest BCUT2D eigenvalue weighted by atomic mass is 35.5. The highest BCUT2D eigenvalue weighted by Gasteiger charge is 2.14. The van der Waals surface area contributed by atoms with Crippen LogP contribution in [0.4, 0.5) is 10.2 Å². The molecule has 0 spiro atoms. The van der Waals surface area contributed by atoms with Gasteiger partial charge >= 0.3 is 0 Å². The van der Waals surface area contributed by atoms with E-state index in [-0.39, 0.29) is 23.5 Å². The number of rotatable bonds is 5. The number of benzene rings is 1. The van der Waals surface area contributed by atoms with Gasteiger partial charge < -0.3 is 15.2 Å². The van der Waals surface area contributed by atoms with Crippen molar-refractivity contribution in [1.82, 2.24) is 10.5 Å². The summed E-state index contributed by atoms with van der Waals surface area (Å²) in [4.78, 5) is 11.8. The quantitative estimate of drug-likeness (QED) is 0.810. The molecule has 2 aromatic rings. The average Bonchev–Trinajstić information content (AvgIpc) is 2.85. The molecule has 0 aliphatic carbocycles. The number of carbonyl (C=O) groups excluding carboxylic acids is 1. The molecule has 0 aliphatic rings. The van der Waals surface area contributed by atoms with Crippen molar-refractivity contribution in [2.75, 3.05) is 11.9 Å². The Bertz CT molecular complexity index is 691. The number of nitrogens with one attached hydrogen (secondary N) is 2. The number of hydrogen-bond donors (Lipinski definition) is 2. The minimum Gasteiger partial charge on any atom is -0.360 e. The highest BCUT2D eigenvalue weighted by Crippen LogP contribution is 2.28. The van der Waals surface area contributed by atoms with Gasteiger partial charge in [0, 0.05) is 17.1 Å². The Morgan fingerprint density at radius 3 is 2.73 bits per heavy atom. The summed E-state index contributed by atoms with van der Waals surface area (Å²) >= 11 is 11.7. The number of nitrogens with zero attached hydrogens (tertiary/aromatic N) is 1. The molecule has 0 saturated carbocycles. The van der Waals surface area contributed by atoms with Crippen LogP contribution in [0.5, 0.6) is 0 Å². The fraction of sp³-hybridized carbons (Fsp3) is 0.286. The average molecular weight is 346 g/mol. The number of aromatic nitrogens is 1. The third-order valence-corrected chi connectivity index (χ3v) is 3.59. The van der Waals surface area contributed by atoms with Crippen LogP contribution in [-0.4, -0.2) is 17.6 Å². The van der Waals surface area contributed by atoms with E-state index in [0.717, 1.165) is 0 Å². The standard InChI is InChI=1S/C14H14Cl2FN3O2/c1-7-3-13(20-22-7)19-14(21)6-18-8(2)9-4-12(17)11(16)5-10(9)15/h3-5,8,18H,6H2,1-2H3,(H,19,20,21)/t8-/m1/s1. The Kier molecular flexibility index (Phi) is 5.39. The second-order valence-electron chi connectivity index (χ2n) is 4.76. The van der Waals surface area contributed by atoms with E-state index >= 15 is 0 Å². The normalized spacial score (nSPS) is 12.2. The molecule has 0 bridgehead atoms. The topological polar surface area (TPSA) is 67.2 Å². The number of hydrogen-bond acceptors (Lipinski definition) is 4. The van der Waals surface area contributed by atoms with Crippen LogP contribution in [0.2, 0.25) is 10.0 Å². The van der Waals surface area contributed by atoms with Gasteiger partial charge in [-0.1, -0.05) is 28.4 Å². The van der Waals surface area contributed by atoms with E-state index in [1.54, 1.807) is 19.9 Å². The fourth-order valence-electron chi connectivity index (χ4n) is 1.84. The van der Waals surface area contributed by atoms with Crippen LogP contribution in [0.15, 0.2) is 22.7 Å². The van der Waals surface area contributed by atoms with Gasteiger partial charge in [0.1, 0.15) is 11.6 Å². The zero-order chi connectivity index (χ0) is 16.3. The van der Waals surface area contributed by atoms with Gasteiger partial charge in [-0.15, -0.1) is 0 Å². The molecular formula is C14H14Cl2FN3O2. The predicted octanol–water partition coefficient (Wildman–Crippen LogP) is 3.72. The molecule has 0 radical (unpaired) electrons. The summed E-state index contributed by atoms with van der Waals surface area (Å²) in [5.74, 6) is 0.0792. The predicted molar refractivity (Wildman–Crippen MR) is 82.7 cm³/mol. The highest BCUT2D eigenvalue weighted by molar-refractivity contribution is 6.35. The van der Waals surface area contributed by atoms with Crippen LogP contribution < -0.4 is 10.6 Å². The van der Waals surface area contributed by atoms with Crippen LogP contribution in [0, 0.1) is 12.7 Å². The summed E-state index contributed by atoms with van der Waals surface area (Å²) in [7, 11) is 0. The lowest BCUT2D eigenvalue weighted by Gasteiger charge is -2.15. The van der Waals surface area contributed by atoms with E-state index in [2.05, 4.69) is 15.8 Å². The number of halogens is 3. The zero-order valence-electron chi connectivity index (χ0n) is 11.9. The van der Waals surface area contributed by atoms with Gasteiger partial charge in [0.15, 0.2) is 5.82 Å². The van der Waals surface area contributed by atoms with E-state index in [1.165, 1.54) is 12.1 Å².